The Morgan fingerprint density at radius 3 is 2.73 bits per heavy atom. The van der Waals surface area contributed by atoms with Crippen LogP contribution in [0, 0.1) is 12.7 Å². The number of nitrogens with zero attached hydrogens (tertiary/aromatic N) is 4. The van der Waals surface area contributed by atoms with Gasteiger partial charge in [0.2, 0.25) is 0 Å². The Labute approximate surface area is 193 Å². The van der Waals surface area contributed by atoms with Gasteiger partial charge in [-0.15, -0.1) is 6.26 Å². The largest absolute Gasteiger partial charge is 0.479 e. The first-order valence-electron chi connectivity index (χ1n) is 10.6. The molecule has 0 unspecified atom stereocenters. The number of carbonyl (C=O) groups excluding carboxylic acids is 1. The maximum Gasteiger partial charge on any atom is 0.263 e. The molecule has 1 aliphatic heterocycles. The Bertz CT molecular complexity index is 1290. The lowest BCUT2D eigenvalue weighted by molar-refractivity contribution is -0.136. The number of carbonyl (C=O) groups is 1. The highest BCUT2D eigenvalue weighted by molar-refractivity contribution is 7.74. The van der Waals surface area contributed by atoms with E-state index in [1.165, 1.54) is 24.7 Å². The summed E-state index contributed by atoms with van der Waals surface area (Å²) in [5, 5.41) is 3.94. The molecule has 4 rings (SSSR count). The Kier molecular flexibility index (Phi) is 6.73. The van der Waals surface area contributed by atoms with E-state index in [-0.39, 0.29) is 11.7 Å². The van der Waals surface area contributed by atoms with Crippen molar-refractivity contribution in [1.29, 1.82) is 0 Å². The highest BCUT2D eigenvalue weighted by Gasteiger charge is 2.25. The van der Waals surface area contributed by atoms with E-state index >= 15 is 0 Å². The van der Waals surface area contributed by atoms with Crippen molar-refractivity contribution in [2.75, 3.05) is 24.7 Å². The standard InChI is InChI=1S/C23H25FN5O3S/c1-14-10-17(28-33(3)31)12-19-21(14)22(26-13-25-19)27-18-7-6-16(24)11-20(18)32-15(2)23(30)29-8-4-5-9-29/h6-7,10-13,15H,4-5,8-9H2,1-3H3,(H,25,26,27)/q-1/t15-/m1/s1. The normalized spacial score (nSPS) is 15.6. The highest BCUT2D eigenvalue weighted by atomic mass is 32.2. The number of halogens is 1. The second-order valence-corrected chi connectivity index (χ2v) is 8.98. The number of amides is 1. The number of fused-ring (bicyclic) bond motifs is 1. The van der Waals surface area contributed by atoms with E-state index in [1.807, 2.05) is 6.92 Å². The third kappa shape index (κ3) is 5.22. The van der Waals surface area contributed by atoms with E-state index in [4.69, 9.17) is 4.74 Å². The lowest BCUT2D eigenvalue weighted by Crippen LogP contribution is -2.38. The molecule has 3 aromatic rings. The molecule has 0 bridgehead atoms. The number of anilines is 2. The second-order valence-electron chi connectivity index (χ2n) is 7.95. The number of hydrogen-bond acceptors (Lipinski definition) is 8. The third-order valence-corrected chi connectivity index (χ3v) is 5.89. The molecule has 1 aliphatic rings. The van der Waals surface area contributed by atoms with Crippen LogP contribution in [0.15, 0.2) is 41.0 Å². The first-order valence-corrected chi connectivity index (χ1v) is 12.2. The van der Waals surface area contributed by atoms with Gasteiger partial charge in [0.05, 0.1) is 11.2 Å². The van der Waals surface area contributed by atoms with Gasteiger partial charge in [0.1, 0.15) is 23.7 Å². The van der Waals surface area contributed by atoms with Crippen LogP contribution in [0.25, 0.3) is 10.9 Å². The Morgan fingerprint density at radius 2 is 2.00 bits per heavy atom. The van der Waals surface area contributed by atoms with Gasteiger partial charge < -0.3 is 23.5 Å². The van der Waals surface area contributed by atoms with E-state index in [2.05, 4.69) is 19.6 Å². The fourth-order valence-electron chi connectivity index (χ4n) is 3.93. The second kappa shape index (κ2) is 9.70. The summed E-state index contributed by atoms with van der Waals surface area (Å²) in [6.07, 6.45) is 4.11. The lowest BCUT2D eigenvalue weighted by Gasteiger charge is -2.22. The van der Waals surface area contributed by atoms with Crippen molar-refractivity contribution in [3.05, 3.63) is 48.0 Å². The fourth-order valence-corrected chi connectivity index (χ4v) is 4.33. The molecule has 8 nitrogen and oxygen atoms in total. The quantitative estimate of drug-likeness (QED) is 0.528. The van der Waals surface area contributed by atoms with Gasteiger partial charge in [0, 0.05) is 30.2 Å². The maximum atomic E-state index is 14.0. The van der Waals surface area contributed by atoms with E-state index in [1.54, 1.807) is 30.0 Å². The van der Waals surface area contributed by atoms with Crippen LogP contribution in [0.4, 0.5) is 21.6 Å². The molecule has 10 heteroatoms. The minimum absolute atomic E-state index is 0.115. The SMILES string of the molecule is Cc1cc(N=[S-](C)=O)cc2ncnc(Nc3ccc(F)cc3O[C@H](C)C(=O)N3CCCC3)c12. The zero-order valence-corrected chi connectivity index (χ0v) is 19.5. The fraction of sp³-hybridized carbons (Fsp3) is 0.348. The number of likely N-dealkylation sites (tertiary alicyclic amines) is 1. The first kappa shape index (κ1) is 22.9. The van der Waals surface area contributed by atoms with Gasteiger partial charge in [0.15, 0.2) is 6.10 Å². The Balaban J connectivity index is 1.66. The lowest BCUT2D eigenvalue weighted by atomic mass is 10.1. The Morgan fingerprint density at radius 1 is 1.24 bits per heavy atom. The molecule has 2 aromatic carbocycles. The summed E-state index contributed by atoms with van der Waals surface area (Å²) in [5.41, 5.74) is 2.49. The molecule has 0 radical (unpaired) electrons. The molecule has 1 saturated heterocycles. The van der Waals surface area contributed by atoms with Gasteiger partial charge in [-0.2, -0.15) is 10.6 Å². The molecule has 0 aliphatic carbocycles. The molecular weight excluding hydrogens is 445 g/mol. The molecule has 174 valence electrons. The highest BCUT2D eigenvalue weighted by Crippen LogP contribution is 2.34. The van der Waals surface area contributed by atoms with Crippen molar-refractivity contribution in [1.82, 2.24) is 14.9 Å². The van der Waals surface area contributed by atoms with Crippen LogP contribution in [0.3, 0.4) is 0 Å². The summed E-state index contributed by atoms with van der Waals surface area (Å²) in [6, 6.07) is 7.64. The van der Waals surface area contributed by atoms with Gasteiger partial charge in [0.25, 0.3) is 5.91 Å². The number of aromatic nitrogens is 2. The van der Waals surface area contributed by atoms with Gasteiger partial charge in [-0.25, -0.2) is 14.4 Å². The average molecular weight is 471 g/mol. The summed E-state index contributed by atoms with van der Waals surface area (Å²) in [6.45, 7) is 4.98. The number of ether oxygens (including phenoxy) is 1. The van der Waals surface area contributed by atoms with Crippen molar-refractivity contribution in [2.24, 2.45) is 4.36 Å². The minimum Gasteiger partial charge on any atom is -0.479 e. The predicted octanol–water partition coefficient (Wildman–Crippen LogP) is 4.62. The molecule has 1 N–H and O–H groups in total. The number of hydrogen-bond donors (Lipinski definition) is 1. The number of aryl methyl sites for hydroxylation is 1. The van der Waals surface area contributed by atoms with Gasteiger partial charge in [-0.1, -0.05) is 0 Å². The molecule has 1 aromatic heterocycles. The summed E-state index contributed by atoms with van der Waals surface area (Å²) in [4.78, 5) is 23.1. The number of rotatable bonds is 6. The van der Waals surface area contributed by atoms with E-state index in [0.29, 0.717) is 35.8 Å². The van der Waals surface area contributed by atoms with E-state index in [0.717, 1.165) is 23.8 Å². The molecular formula is C23H25FN5O3S-. The number of benzene rings is 2. The minimum atomic E-state index is -1.34. The van der Waals surface area contributed by atoms with Crippen LogP contribution >= 0.6 is 0 Å². The van der Waals surface area contributed by atoms with Crippen LogP contribution in [-0.2, 0) is 19.6 Å². The summed E-state index contributed by atoms with van der Waals surface area (Å²) < 4.78 is 35.5. The molecule has 0 saturated carbocycles. The summed E-state index contributed by atoms with van der Waals surface area (Å²) in [5.74, 6) is 0.124. The predicted molar refractivity (Wildman–Crippen MR) is 126 cm³/mol. The van der Waals surface area contributed by atoms with Crippen LogP contribution in [-0.4, -0.2) is 46.2 Å². The van der Waals surface area contributed by atoms with Crippen molar-refractivity contribution < 1.29 is 18.1 Å². The van der Waals surface area contributed by atoms with Crippen molar-refractivity contribution in [3.63, 3.8) is 0 Å². The topological polar surface area (TPSA) is 96.8 Å². The molecule has 2 heterocycles. The van der Waals surface area contributed by atoms with Gasteiger partial charge >= 0.3 is 0 Å². The molecule has 1 fully saturated rings. The number of nitrogens with one attached hydrogen (secondary N) is 1. The zero-order valence-electron chi connectivity index (χ0n) is 18.7. The van der Waals surface area contributed by atoms with Crippen molar-refractivity contribution >= 4 is 44.6 Å². The van der Waals surface area contributed by atoms with Crippen LogP contribution in [0.2, 0.25) is 0 Å². The van der Waals surface area contributed by atoms with Crippen LogP contribution < -0.4 is 10.1 Å². The third-order valence-electron chi connectivity index (χ3n) is 5.42. The molecule has 1 amide bonds. The molecule has 33 heavy (non-hydrogen) atoms. The van der Waals surface area contributed by atoms with Crippen LogP contribution in [0.5, 0.6) is 5.75 Å². The first-order chi connectivity index (χ1) is 15.8. The van der Waals surface area contributed by atoms with Crippen LogP contribution in [0.1, 0.15) is 25.3 Å². The maximum absolute atomic E-state index is 14.0. The smallest absolute Gasteiger partial charge is 0.263 e. The zero-order chi connectivity index (χ0) is 23.5. The van der Waals surface area contributed by atoms with Crippen molar-refractivity contribution in [2.45, 2.75) is 32.8 Å². The van der Waals surface area contributed by atoms with Crippen molar-refractivity contribution in [3.8, 4) is 5.75 Å². The molecule has 0 spiro atoms. The van der Waals surface area contributed by atoms with Gasteiger partial charge in [-0.3, -0.25) is 4.79 Å². The van der Waals surface area contributed by atoms with E-state index < -0.39 is 22.5 Å². The molecule has 1 atom stereocenters. The monoisotopic (exact) mass is 470 g/mol. The summed E-state index contributed by atoms with van der Waals surface area (Å²) >= 11 is 0. The van der Waals surface area contributed by atoms with Gasteiger partial charge in [-0.05, 0) is 56.5 Å². The average Bonchev–Trinajstić information content (AvgIpc) is 3.29. The Hall–Kier alpha value is -3.27. The summed E-state index contributed by atoms with van der Waals surface area (Å²) in [7, 11) is -1.34. The van der Waals surface area contributed by atoms with E-state index in [9.17, 15) is 13.4 Å².